The maximum Gasteiger partial charge on any atom is 0.240 e. The smallest absolute Gasteiger partial charge is 0.240 e. The Morgan fingerprint density at radius 3 is 3.11 bits per heavy atom. The standard InChI is InChI=1S/C13H22N4O/c1-9(2)13-15-12(18-16-13)8-17-6-4-11-10(7-17)3-5-14-11/h9-11,14H,3-8H2,1-2H3. The van der Waals surface area contributed by atoms with E-state index in [9.17, 15) is 0 Å². The van der Waals surface area contributed by atoms with Crippen LogP contribution in [-0.2, 0) is 6.54 Å². The summed E-state index contributed by atoms with van der Waals surface area (Å²) < 4.78 is 5.32. The van der Waals surface area contributed by atoms with Gasteiger partial charge in [-0.2, -0.15) is 4.98 Å². The molecule has 0 saturated carbocycles. The second-order valence-electron chi connectivity index (χ2n) is 5.83. The number of hydrogen-bond donors (Lipinski definition) is 1. The first-order valence-electron chi connectivity index (χ1n) is 7.00. The Morgan fingerprint density at radius 2 is 2.33 bits per heavy atom. The fourth-order valence-corrected chi connectivity index (χ4v) is 3.02. The molecule has 0 aromatic carbocycles. The van der Waals surface area contributed by atoms with Crippen LogP contribution < -0.4 is 5.32 Å². The predicted molar refractivity (Wildman–Crippen MR) is 68.2 cm³/mol. The molecule has 0 aliphatic carbocycles. The normalized spacial score (nSPS) is 28.8. The first kappa shape index (κ1) is 12.1. The molecule has 1 aromatic rings. The molecule has 3 heterocycles. The minimum atomic E-state index is 0.340. The van der Waals surface area contributed by atoms with Crippen molar-refractivity contribution in [2.75, 3.05) is 19.6 Å². The molecule has 1 N–H and O–H groups in total. The van der Waals surface area contributed by atoms with Gasteiger partial charge in [-0.05, 0) is 25.3 Å². The zero-order valence-electron chi connectivity index (χ0n) is 11.2. The minimum absolute atomic E-state index is 0.340. The molecule has 5 heteroatoms. The van der Waals surface area contributed by atoms with Gasteiger partial charge in [0.2, 0.25) is 5.89 Å². The fourth-order valence-electron chi connectivity index (χ4n) is 3.02. The van der Waals surface area contributed by atoms with Gasteiger partial charge in [0.1, 0.15) is 0 Å². The molecule has 2 unspecified atom stereocenters. The van der Waals surface area contributed by atoms with Gasteiger partial charge in [-0.1, -0.05) is 19.0 Å². The van der Waals surface area contributed by atoms with Crippen LogP contribution in [0.25, 0.3) is 0 Å². The number of hydrogen-bond acceptors (Lipinski definition) is 5. The zero-order chi connectivity index (χ0) is 12.5. The quantitative estimate of drug-likeness (QED) is 0.878. The van der Waals surface area contributed by atoms with Crippen molar-refractivity contribution in [3.05, 3.63) is 11.7 Å². The Morgan fingerprint density at radius 1 is 1.44 bits per heavy atom. The van der Waals surface area contributed by atoms with Crippen LogP contribution in [0.15, 0.2) is 4.52 Å². The highest BCUT2D eigenvalue weighted by molar-refractivity contribution is 4.94. The number of nitrogens with one attached hydrogen (secondary N) is 1. The Bertz CT molecular complexity index is 403. The van der Waals surface area contributed by atoms with E-state index in [-0.39, 0.29) is 0 Å². The summed E-state index contributed by atoms with van der Waals surface area (Å²) in [6.45, 7) is 8.46. The van der Waals surface area contributed by atoms with E-state index in [1.165, 1.54) is 19.4 Å². The number of nitrogens with zero attached hydrogens (tertiary/aromatic N) is 3. The van der Waals surface area contributed by atoms with Crippen LogP contribution in [0.1, 0.15) is 44.3 Å². The van der Waals surface area contributed by atoms with Crippen LogP contribution >= 0.6 is 0 Å². The maximum atomic E-state index is 5.32. The average molecular weight is 250 g/mol. The second kappa shape index (κ2) is 4.97. The van der Waals surface area contributed by atoms with Gasteiger partial charge >= 0.3 is 0 Å². The molecular formula is C13H22N4O. The average Bonchev–Trinajstić information content (AvgIpc) is 2.96. The molecule has 2 atom stereocenters. The highest BCUT2D eigenvalue weighted by atomic mass is 16.5. The van der Waals surface area contributed by atoms with Gasteiger partial charge in [0.25, 0.3) is 0 Å². The van der Waals surface area contributed by atoms with E-state index in [4.69, 9.17) is 4.52 Å². The van der Waals surface area contributed by atoms with Gasteiger partial charge in [0, 0.05) is 25.0 Å². The molecule has 2 fully saturated rings. The molecule has 2 aliphatic heterocycles. The summed E-state index contributed by atoms with van der Waals surface area (Å²) in [5.41, 5.74) is 0. The largest absolute Gasteiger partial charge is 0.338 e. The van der Waals surface area contributed by atoms with Crippen molar-refractivity contribution in [2.24, 2.45) is 5.92 Å². The second-order valence-corrected chi connectivity index (χ2v) is 5.83. The van der Waals surface area contributed by atoms with E-state index in [1.807, 2.05) is 0 Å². The van der Waals surface area contributed by atoms with Crippen LogP contribution in [0, 0.1) is 5.92 Å². The lowest BCUT2D eigenvalue weighted by Gasteiger charge is -2.33. The zero-order valence-corrected chi connectivity index (χ0v) is 11.2. The van der Waals surface area contributed by atoms with Crippen molar-refractivity contribution in [1.29, 1.82) is 0 Å². The van der Waals surface area contributed by atoms with Crippen LogP contribution in [-0.4, -0.2) is 40.7 Å². The molecule has 0 radical (unpaired) electrons. The number of likely N-dealkylation sites (tertiary alicyclic amines) is 1. The topological polar surface area (TPSA) is 54.2 Å². The molecule has 0 amide bonds. The molecule has 2 saturated heterocycles. The Labute approximate surface area is 108 Å². The van der Waals surface area contributed by atoms with E-state index >= 15 is 0 Å². The SMILES string of the molecule is CC(C)c1noc(CN2CCC3NCCC3C2)n1. The molecule has 3 rings (SSSR count). The van der Waals surface area contributed by atoms with E-state index in [0.29, 0.717) is 5.92 Å². The monoisotopic (exact) mass is 250 g/mol. The van der Waals surface area contributed by atoms with Crippen molar-refractivity contribution in [3.8, 4) is 0 Å². The maximum absolute atomic E-state index is 5.32. The van der Waals surface area contributed by atoms with Gasteiger partial charge in [0.15, 0.2) is 5.82 Å². The molecule has 0 spiro atoms. The highest BCUT2D eigenvalue weighted by Gasteiger charge is 2.32. The van der Waals surface area contributed by atoms with Crippen LogP contribution in [0.5, 0.6) is 0 Å². The van der Waals surface area contributed by atoms with Gasteiger partial charge < -0.3 is 9.84 Å². The number of aromatic nitrogens is 2. The summed E-state index contributed by atoms with van der Waals surface area (Å²) in [7, 11) is 0. The van der Waals surface area contributed by atoms with Crippen molar-refractivity contribution in [1.82, 2.24) is 20.4 Å². The third-order valence-corrected chi connectivity index (χ3v) is 4.10. The van der Waals surface area contributed by atoms with Gasteiger partial charge in [0.05, 0.1) is 6.54 Å². The third kappa shape index (κ3) is 2.42. The van der Waals surface area contributed by atoms with Crippen LogP contribution in [0.4, 0.5) is 0 Å². The Hall–Kier alpha value is -0.940. The fraction of sp³-hybridized carbons (Fsp3) is 0.846. The van der Waals surface area contributed by atoms with Gasteiger partial charge in [-0.25, -0.2) is 0 Å². The van der Waals surface area contributed by atoms with E-state index < -0.39 is 0 Å². The summed E-state index contributed by atoms with van der Waals surface area (Å²) >= 11 is 0. The number of fused-ring (bicyclic) bond motifs is 1. The van der Waals surface area contributed by atoms with Gasteiger partial charge in [-0.3, -0.25) is 4.90 Å². The number of rotatable bonds is 3. The number of piperidine rings is 1. The van der Waals surface area contributed by atoms with Crippen molar-refractivity contribution in [2.45, 2.75) is 45.2 Å². The first-order valence-corrected chi connectivity index (χ1v) is 7.00. The Kier molecular flexibility index (Phi) is 3.35. The molecular weight excluding hydrogens is 228 g/mol. The molecule has 1 aromatic heterocycles. The predicted octanol–water partition coefficient (Wildman–Crippen LogP) is 1.38. The molecule has 100 valence electrons. The summed E-state index contributed by atoms with van der Waals surface area (Å²) in [5, 5.41) is 7.61. The van der Waals surface area contributed by atoms with Crippen molar-refractivity contribution in [3.63, 3.8) is 0 Å². The summed E-state index contributed by atoms with van der Waals surface area (Å²) in [5.74, 6) is 2.74. The summed E-state index contributed by atoms with van der Waals surface area (Å²) in [6.07, 6.45) is 2.55. The first-order chi connectivity index (χ1) is 8.72. The minimum Gasteiger partial charge on any atom is -0.338 e. The molecule has 0 bridgehead atoms. The molecule has 18 heavy (non-hydrogen) atoms. The highest BCUT2D eigenvalue weighted by Crippen LogP contribution is 2.25. The van der Waals surface area contributed by atoms with Crippen molar-refractivity contribution >= 4 is 0 Å². The molecule has 5 nitrogen and oxygen atoms in total. The van der Waals surface area contributed by atoms with Crippen LogP contribution in [0.3, 0.4) is 0 Å². The lowest BCUT2D eigenvalue weighted by atomic mass is 9.93. The molecule has 2 aliphatic rings. The van der Waals surface area contributed by atoms with E-state index in [2.05, 4.69) is 34.2 Å². The summed E-state index contributed by atoms with van der Waals surface area (Å²) in [6, 6.07) is 0.746. The lowest BCUT2D eigenvalue weighted by Crippen LogP contribution is -2.43. The van der Waals surface area contributed by atoms with Gasteiger partial charge in [-0.15, -0.1) is 0 Å². The lowest BCUT2D eigenvalue weighted by molar-refractivity contribution is 0.140. The van der Waals surface area contributed by atoms with E-state index in [0.717, 1.165) is 43.3 Å². The van der Waals surface area contributed by atoms with E-state index in [1.54, 1.807) is 0 Å². The van der Waals surface area contributed by atoms with Crippen molar-refractivity contribution < 1.29 is 4.52 Å². The summed E-state index contributed by atoms with van der Waals surface area (Å²) in [4.78, 5) is 6.90. The Balaban J connectivity index is 1.59. The van der Waals surface area contributed by atoms with Crippen LogP contribution in [0.2, 0.25) is 0 Å². The third-order valence-electron chi connectivity index (χ3n) is 4.10.